The highest BCUT2D eigenvalue weighted by Gasteiger charge is 2.08. The van der Waals surface area contributed by atoms with Crippen LogP contribution in [0.4, 0.5) is 0 Å². The van der Waals surface area contributed by atoms with Gasteiger partial charge < -0.3 is 18.1 Å². The Hall–Kier alpha value is 0.570. The first-order valence-electron chi connectivity index (χ1n) is 5.00. The molecule has 18 heavy (non-hydrogen) atoms. The standard InChI is InChI=1S/C3H9O3P.C3H9O2P.C3H9OP/c1-5-7(3,4)6-2;1-5-6(2,3)4;1-5(2,3)4/h1-3H3;1-3H3;1-3H3. The fourth-order valence-corrected chi connectivity index (χ4v) is 0.224. The largest absolute Gasteiger partial charge is 0.332 e. The van der Waals surface area contributed by atoms with E-state index in [4.69, 9.17) is 0 Å². The van der Waals surface area contributed by atoms with Crippen molar-refractivity contribution >= 4 is 22.1 Å². The van der Waals surface area contributed by atoms with Gasteiger partial charge in [-0.25, -0.2) is 0 Å². The van der Waals surface area contributed by atoms with Gasteiger partial charge in [0.2, 0.25) is 0 Å². The molecule has 0 aliphatic carbocycles. The predicted molar refractivity (Wildman–Crippen MR) is 79.4 cm³/mol. The van der Waals surface area contributed by atoms with E-state index in [0.29, 0.717) is 0 Å². The van der Waals surface area contributed by atoms with E-state index in [9.17, 15) is 13.7 Å². The van der Waals surface area contributed by atoms with E-state index < -0.39 is 22.1 Å². The van der Waals surface area contributed by atoms with Crippen LogP contribution in [-0.4, -0.2) is 61.3 Å². The molecule has 0 atom stereocenters. The van der Waals surface area contributed by atoms with Crippen molar-refractivity contribution in [3.05, 3.63) is 0 Å². The molecule has 0 aromatic rings. The molecule has 0 saturated carbocycles. The van der Waals surface area contributed by atoms with Crippen molar-refractivity contribution in [2.75, 3.05) is 61.3 Å². The van der Waals surface area contributed by atoms with Gasteiger partial charge in [0, 0.05) is 41.3 Å². The Kier molecular flexibility index (Phi) is 13.6. The molecule has 0 aromatic heterocycles. The summed E-state index contributed by atoms with van der Waals surface area (Å²) < 4.78 is 44.4. The minimum Gasteiger partial charge on any atom is -0.332 e. The average Bonchev–Trinajstić information content (AvgIpc) is 2.15. The van der Waals surface area contributed by atoms with E-state index in [2.05, 4.69) is 13.6 Å². The van der Waals surface area contributed by atoms with Crippen LogP contribution in [0.25, 0.3) is 0 Å². The number of hydrogen-bond acceptors (Lipinski definition) is 6. The summed E-state index contributed by atoms with van der Waals surface area (Å²) in [6, 6.07) is 0. The lowest BCUT2D eigenvalue weighted by atomic mass is 11.8. The first kappa shape index (κ1) is 23.6. The second-order valence-electron chi connectivity index (χ2n) is 4.46. The molecule has 0 spiro atoms. The third kappa shape index (κ3) is 43.9. The van der Waals surface area contributed by atoms with Crippen molar-refractivity contribution in [2.45, 2.75) is 0 Å². The lowest BCUT2D eigenvalue weighted by molar-refractivity contribution is 0.282. The molecule has 0 fully saturated rings. The SMILES string of the molecule is COP(C)(=O)OC.COP(C)(C)=O.CP(C)(C)=O. The number of hydrogen-bond donors (Lipinski definition) is 0. The normalized spacial score (nSPS) is 11.8. The average molecular weight is 324 g/mol. The van der Waals surface area contributed by atoms with Gasteiger partial charge in [-0.15, -0.1) is 0 Å². The van der Waals surface area contributed by atoms with Crippen LogP contribution in [0.1, 0.15) is 0 Å². The van der Waals surface area contributed by atoms with Gasteiger partial charge >= 0.3 is 7.60 Å². The third-order valence-corrected chi connectivity index (χ3v) is 3.31. The molecule has 0 aliphatic rings. The van der Waals surface area contributed by atoms with E-state index in [1.165, 1.54) is 28.0 Å². The van der Waals surface area contributed by atoms with Crippen LogP contribution in [0.2, 0.25) is 0 Å². The summed E-state index contributed by atoms with van der Waals surface area (Å²) in [5.41, 5.74) is 0. The third-order valence-electron chi connectivity index (χ3n) is 1.10. The summed E-state index contributed by atoms with van der Waals surface area (Å²) in [7, 11) is -2.29. The molecule has 0 aromatic carbocycles. The van der Waals surface area contributed by atoms with Gasteiger partial charge in [-0.1, -0.05) is 0 Å². The zero-order valence-corrected chi connectivity index (χ0v) is 15.5. The Morgan fingerprint density at radius 1 is 0.611 bits per heavy atom. The topological polar surface area (TPSA) is 78.9 Å². The molecule has 0 saturated heterocycles. The minimum absolute atomic E-state index is 1.35. The zero-order valence-electron chi connectivity index (χ0n) is 12.8. The summed E-state index contributed by atoms with van der Waals surface area (Å²) in [6.45, 7) is 9.79. The van der Waals surface area contributed by atoms with Crippen molar-refractivity contribution in [3.8, 4) is 0 Å². The molecule has 0 rings (SSSR count). The summed E-state index contributed by atoms with van der Waals surface area (Å²) >= 11 is 0. The quantitative estimate of drug-likeness (QED) is 0.739. The second kappa shape index (κ2) is 10.4. The Morgan fingerprint density at radius 2 is 0.778 bits per heavy atom. The maximum atomic E-state index is 10.5. The molecule has 114 valence electrons. The molecule has 0 heterocycles. The smallest absolute Gasteiger partial charge is 0.327 e. The number of rotatable bonds is 3. The predicted octanol–water partition coefficient (Wildman–Crippen LogP) is 3.51. The van der Waals surface area contributed by atoms with Crippen LogP contribution in [0.15, 0.2) is 0 Å². The molecular weight excluding hydrogens is 297 g/mol. The summed E-state index contributed by atoms with van der Waals surface area (Å²) in [5.74, 6) is 0. The van der Waals surface area contributed by atoms with Gasteiger partial charge in [-0.2, -0.15) is 0 Å². The highest BCUT2D eigenvalue weighted by Crippen LogP contribution is 2.40. The first-order valence-corrected chi connectivity index (χ1v) is 12.6. The second-order valence-corrected chi connectivity index (χ2v) is 13.4. The van der Waals surface area contributed by atoms with Crippen LogP contribution >= 0.6 is 22.1 Å². The maximum Gasteiger partial charge on any atom is 0.327 e. The van der Waals surface area contributed by atoms with Gasteiger partial charge in [-0.3, -0.25) is 9.13 Å². The van der Waals surface area contributed by atoms with Crippen LogP contribution in [-0.2, 0) is 27.3 Å². The fourth-order valence-electron chi connectivity index (χ4n) is 0.0745. The van der Waals surface area contributed by atoms with Gasteiger partial charge in [0.1, 0.15) is 0 Å². The van der Waals surface area contributed by atoms with E-state index in [1.54, 1.807) is 33.3 Å². The lowest BCUT2D eigenvalue weighted by Crippen LogP contribution is -1.82. The summed E-state index contributed by atoms with van der Waals surface area (Å²) in [5, 5.41) is 0. The molecule has 0 radical (unpaired) electrons. The van der Waals surface area contributed by atoms with Crippen molar-refractivity contribution in [1.29, 1.82) is 0 Å². The van der Waals surface area contributed by atoms with Crippen LogP contribution in [0.3, 0.4) is 0 Å². The fraction of sp³-hybridized carbons (Fsp3) is 1.00. The molecular formula is C9H27O6P3. The van der Waals surface area contributed by atoms with Crippen molar-refractivity contribution in [3.63, 3.8) is 0 Å². The molecule has 0 amide bonds. The molecule has 0 N–H and O–H groups in total. The van der Waals surface area contributed by atoms with Crippen molar-refractivity contribution in [2.24, 2.45) is 0 Å². The van der Waals surface area contributed by atoms with Crippen LogP contribution in [0.5, 0.6) is 0 Å². The molecule has 9 heteroatoms. The van der Waals surface area contributed by atoms with Crippen molar-refractivity contribution in [1.82, 2.24) is 0 Å². The maximum absolute atomic E-state index is 10.5. The monoisotopic (exact) mass is 324 g/mol. The highest BCUT2D eigenvalue weighted by molar-refractivity contribution is 7.61. The Labute approximate surface area is 111 Å². The van der Waals surface area contributed by atoms with E-state index in [-0.39, 0.29) is 0 Å². The summed E-state index contributed by atoms with van der Waals surface area (Å²) in [6.07, 6.45) is 0. The van der Waals surface area contributed by atoms with E-state index in [1.807, 2.05) is 0 Å². The summed E-state index contributed by atoms with van der Waals surface area (Å²) in [4.78, 5) is 0. The van der Waals surface area contributed by atoms with Crippen molar-refractivity contribution < 1.29 is 27.3 Å². The Bertz CT molecular complexity index is 313. The zero-order chi connectivity index (χ0) is 15.6. The molecule has 0 aliphatic heterocycles. The Morgan fingerprint density at radius 3 is 0.778 bits per heavy atom. The first-order chi connectivity index (χ1) is 7.68. The van der Waals surface area contributed by atoms with Gasteiger partial charge in [-0.05, 0) is 20.0 Å². The van der Waals surface area contributed by atoms with Gasteiger partial charge in [0.25, 0.3) is 0 Å². The lowest BCUT2D eigenvalue weighted by Gasteiger charge is -2.04. The van der Waals surface area contributed by atoms with Gasteiger partial charge in [0.15, 0.2) is 7.37 Å². The molecule has 0 bridgehead atoms. The minimum atomic E-state index is -2.65. The van der Waals surface area contributed by atoms with Crippen LogP contribution in [0, 0.1) is 0 Å². The Balaban J connectivity index is -0.000000190. The van der Waals surface area contributed by atoms with E-state index >= 15 is 0 Å². The molecule has 6 nitrogen and oxygen atoms in total. The highest BCUT2D eigenvalue weighted by atomic mass is 31.2. The molecule has 0 unspecified atom stereocenters. The van der Waals surface area contributed by atoms with E-state index in [0.717, 1.165) is 0 Å². The van der Waals surface area contributed by atoms with Gasteiger partial charge in [0.05, 0.1) is 7.14 Å². The van der Waals surface area contributed by atoms with Crippen LogP contribution < -0.4 is 0 Å².